The number of aliphatic hydroxyl groups is 1. The normalized spacial score (nSPS) is 38.4. The van der Waals surface area contributed by atoms with E-state index in [1.165, 1.54) is 6.92 Å². The average molecular weight is 330 g/mol. The van der Waals surface area contributed by atoms with E-state index in [1.54, 1.807) is 0 Å². The van der Waals surface area contributed by atoms with E-state index in [9.17, 15) is 9.90 Å². The van der Waals surface area contributed by atoms with Gasteiger partial charge in [-0.25, -0.2) is 0 Å². The molecule has 5 atom stereocenters. The molecule has 0 unspecified atom stereocenters. The lowest BCUT2D eigenvalue weighted by Gasteiger charge is -2.44. The largest absolute Gasteiger partial charge is 0.463 e. The maximum absolute atomic E-state index is 11.2. The van der Waals surface area contributed by atoms with Crippen LogP contribution in [0.5, 0.6) is 0 Å². The maximum atomic E-state index is 11.2. The van der Waals surface area contributed by atoms with Crippen LogP contribution >= 0.6 is 0 Å². The molecule has 22 heavy (non-hydrogen) atoms. The van der Waals surface area contributed by atoms with E-state index in [0.717, 1.165) is 6.42 Å². The Morgan fingerprint density at radius 1 is 1.41 bits per heavy atom. The van der Waals surface area contributed by atoms with Gasteiger partial charge in [-0.05, 0) is 18.1 Å². The highest BCUT2D eigenvalue weighted by molar-refractivity contribution is 6.74. The van der Waals surface area contributed by atoms with Gasteiger partial charge >= 0.3 is 5.97 Å². The van der Waals surface area contributed by atoms with Gasteiger partial charge in [-0.2, -0.15) is 0 Å². The first-order valence-electron chi connectivity index (χ1n) is 8.08. The molecule has 0 aromatic heterocycles. The van der Waals surface area contributed by atoms with E-state index >= 15 is 0 Å². The summed E-state index contributed by atoms with van der Waals surface area (Å²) in [6, 6.07) is 0. The molecule has 2 heterocycles. The third-order valence-corrected chi connectivity index (χ3v) is 10.2. The number of hydrogen-bond donors (Lipinski definition) is 1. The van der Waals surface area contributed by atoms with Crippen molar-refractivity contribution in [2.24, 2.45) is 5.92 Å². The first kappa shape index (κ1) is 17.9. The predicted molar refractivity (Wildman–Crippen MR) is 86.1 cm³/mol. The minimum absolute atomic E-state index is 0.0275. The molecule has 2 aliphatic heterocycles. The molecule has 0 aromatic rings. The van der Waals surface area contributed by atoms with Crippen molar-refractivity contribution in [3.8, 4) is 0 Å². The highest BCUT2D eigenvalue weighted by Crippen LogP contribution is 2.51. The summed E-state index contributed by atoms with van der Waals surface area (Å²) in [5.74, 6) is -0.325. The van der Waals surface area contributed by atoms with Crippen LogP contribution < -0.4 is 0 Å². The summed E-state index contributed by atoms with van der Waals surface area (Å²) < 4.78 is 17.8. The molecule has 5 nitrogen and oxygen atoms in total. The fourth-order valence-corrected chi connectivity index (χ4v) is 4.51. The Morgan fingerprint density at radius 2 is 2.00 bits per heavy atom. The lowest BCUT2D eigenvalue weighted by atomic mass is 9.78. The molecule has 0 amide bonds. The number of carbonyl (C=O) groups excluding carboxylic acids is 1. The van der Waals surface area contributed by atoms with Crippen LogP contribution in [0.1, 0.15) is 41.0 Å². The molecule has 2 fully saturated rings. The van der Waals surface area contributed by atoms with E-state index in [4.69, 9.17) is 13.9 Å². The predicted octanol–water partition coefficient (Wildman–Crippen LogP) is 2.48. The second kappa shape index (κ2) is 5.58. The maximum Gasteiger partial charge on any atom is 0.302 e. The molecular formula is C16H30O5Si. The Morgan fingerprint density at radius 3 is 2.45 bits per heavy atom. The number of carbonyl (C=O) groups is 1. The molecule has 0 saturated carbocycles. The van der Waals surface area contributed by atoms with Crippen molar-refractivity contribution in [1.29, 1.82) is 0 Å². The number of fused-ring (bicyclic) bond motifs is 2. The average Bonchev–Trinajstić information content (AvgIpc) is 2.82. The molecule has 0 radical (unpaired) electrons. The first-order valence-corrected chi connectivity index (χ1v) is 11.0. The summed E-state index contributed by atoms with van der Waals surface area (Å²) in [6.07, 6.45) is -0.156. The lowest BCUT2D eigenvalue weighted by molar-refractivity contribution is -0.163. The summed E-state index contributed by atoms with van der Waals surface area (Å²) >= 11 is 0. The third kappa shape index (κ3) is 2.86. The van der Waals surface area contributed by atoms with E-state index in [1.807, 2.05) is 6.92 Å². The minimum Gasteiger partial charge on any atom is -0.463 e. The van der Waals surface area contributed by atoms with Crippen molar-refractivity contribution < 1.29 is 23.8 Å². The summed E-state index contributed by atoms with van der Waals surface area (Å²) in [5, 5.41) is 10.7. The van der Waals surface area contributed by atoms with Crippen LogP contribution in [0.25, 0.3) is 0 Å². The molecule has 0 spiro atoms. The molecule has 2 saturated heterocycles. The highest BCUT2D eigenvalue weighted by Gasteiger charge is 2.65. The van der Waals surface area contributed by atoms with Crippen LogP contribution in [0, 0.1) is 5.92 Å². The van der Waals surface area contributed by atoms with E-state index in [2.05, 4.69) is 33.9 Å². The van der Waals surface area contributed by atoms with Crippen molar-refractivity contribution in [3.63, 3.8) is 0 Å². The monoisotopic (exact) mass is 330 g/mol. The Labute approximate surface area is 134 Å². The van der Waals surface area contributed by atoms with Crippen molar-refractivity contribution in [1.82, 2.24) is 0 Å². The Kier molecular flexibility index (Phi) is 4.54. The summed E-state index contributed by atoms with van der Waals surface area (Å²) in [7, 11) is -1.99. The Bertz CT molecular complexity index is 444. The fourth-order valence-electron chi connectivity index (χ4n) is 3.15. The number of aliphatic hydroxyl groups excluding tert-OH is 1. The lowest BCUT2D eigenvalue weighted by Crippen LogP contribution is -2.59. The van der Waals surface area contributed by atoms with Gasteiger partial charge in [-0.15, -0.1) is 0 Å². The van der Waals surface area contributed by atoms with Crippen molar-refractivity contribution in [2.75, 3.05) is 6.61 Å². The van der Waals surface area contributed by atoms with E-state index in [-0.39, 0.29) is 35.7 Å². The molecule has 2 aliphatic rings. The number of hydrogen-bond acceptors (Lipinski definition) is 5. The van der Waals surface area contributed by atoms with Crippen LogP contribution in [0.4, 0.5) is 0 Å². The van der Waals surface area contributed by atoms with E-state index in [0.29, 0.717) is 0 Å². The van der Waals surface area contributed by atoms with Crippen molar-refractivity contribution >= 4 is 14.3 Å². The van der Waals surface area contributed by atoms with Gasteiger partial charge in [0.2, 0.25) is 0 Å². The molecule has 128 valence electrons. The van der Waals surface area contributed by atoms with Crippen molar-refractivity contribution in [3.05, 3.63) is 0 Å². The second-order valence-corrected chi connectivity index (χ2v) is 13.1. The molecule has 0 aliphatic carbocycles. The topological polar surface area (TPSA) is 65.0 Å². The zero-order valence-electron chi connectivity index (χ0n) is 14.8. The standard InChI is InChI=1S/C16H30O5Si/c1-10-12-8-13(21-22(6,7)15(3,4)5)16(20-12,14(10)18)9-19-11(2)17/h10,12-14,18H,8-9H2,1-7H3/t10-,12+,13+,14-,16-/m1/s1. The molecular weight excluding hydrogens is 300 g/mol. The quantitative estimate of drug-likeness (QED) is 0.634. The summed E-state index contributed by atoms with van der Waals surface area (Å²) in [5.41, 5.74) is -0.911. The Hall–Kier alpha value is -0.433. The van der Waals surface area contributed by atoms with Crippen LogP contribution in [0.3, 0.4) is 0 Å². The minimum atomic E-state index is -1.99. The van der Waals surface area contributed by atoms with Gasteiger partial charge in [-0.3, -0.25) is 4.79 Å². The fraction of sp³-hybridized carbons (Fsp3) is 0.938. The molecule has 0 aromatic carbocycles. The SMILES string of the molecule is CC(=O)OC[C@@]12O[C@@H](C[C@@H]1O[Si](C)(C)C(C)(C)C)[C@@H](C)[C@H]2O. The van der Waals surface area contributed by atoms with Crippen LogP contribution in [0.2, 0.25) is 18.1 Å². The van der Waals surface area contributed by atoms with Crippen molar-refractivity contribution in [2.45, 2.75) is 83.1 Å². The van der Waals surface area contributed by atoms with Gasteiger partial charge in [0.25, 0.3) is 0 Å². The second-order valence-electron chi connectivity index (χ2n) is 8.30. The number of ether oxygens (including phenoxy) is 2. The van der Waals surface area contributed by atoms with Crippen LogP contribution in [-0.2, 0) is 18.7 Å². The van der Waals surface area contributed by atoms with Gasteiger partial charge < -0.3 is 19.0 Å². The molecule has 6 heteroatoms. The number of esters is 1. The summed E-state index contributed by atoms with van der Waals surface area (Å²) in [4.78, 5) is 11.2. The first-order chi connectivity index (χ1) is 9.91. The third-order valence-electron chi connectivity index (χ3n) is 5.69. The van der Waals surface area contributed by atoms with Crippen LogP contribution in [-0.4, -0.2) is 49.9 Å². The van der Waals surface area contributed by atoms with Gasteiger partial charge in [0.15, 0.2) is 13.9 Å². The van der Waals surface area contributed by atoms with Gasteiger partial charge in [0.1, 0.15) is 6.61 Å². The van der Waals surface area contributed by atoms with Gasteiger partial charge in [0.05, 0.1) is 18.3 Å². The summed E-state index contributed by atoms with van der Waals surface area (Å²) in [6.45, 7) is 14.3. The zero-order chi connectivity index (χ0) is 16.9. The zero-order valence-corrected chi connectivity index (χ0v) is 15.8. The van der Waals surface area contributed by atoms with Crippen LogP contribution in [0.15, 0.2) is 0 Å². The number of rotatable bonds is 4. The molecule has 2 rings (SSSR count). The molecule has 1 N–H and O–H groups in total. The highest BCUT2D eigenvalue weighted by atomic mass is 28.4. The smallest absolute Gasteiger partial charge is 0.302 e. The van der Waals surface area contributed by atoms with E-state index < -0.39 is 20.0 Å². The Balaban J connectivity index is 2.22. The molecule has 2 bridgehead atoms. The van der Waals surface area contributed by atoms with Gasteiger partial charge in [0, 0.05) is 19.3 Å². The van der Waals surface area contributed by atoms with Gasteiger partial charge in [-0.1, -0.05) is 27.7 Å².